The zero-order valence-corrected chi connectivity index (χ0v) is 12.9. The SMILES string of the molecule is O=c1c2ccc(F)cc2ncn1CC(O)COCc1ccccc1. The maximum atomic E-state index is 13.2. The number of hydrogen-bond donors (Lipinski definition) is 1. The van der Waals surface area contributed by atoms with Gasteiger partial charge < -0.3 is 9.84 Å². The molecular weight excluding hydrogens is 311 g/mol. The number of aliphatic hydroxyl groups excluding tert-OH is 1. The van der Waals surface area contributed by atoms with Crippen LogP contribution in [0, 0.1) is 5.82 Å². The molecule has 0 amide bonds. The molecule has 124 valence electrons. The fourth-order valence-corrected chi connectivity index (χ4v) is 2.43. The fourth-order valence-electron chi connectivity index (χ4n) is 2.43. The quantitative estimate of drug-likeness (QED) is 0.753. The second-order valence-electron chi connectivity index (χ2n) is 5.52. The summed E-state index contributed by atoms with van der Waals surface area (Å²) in [7, 11) is 0. The third-order valence-electron chi connectivity index (χ3n) is 3.62. The lowest BCUT2D eigenvalue weighted by Crippen LogP contribution is -2.29. The molecule has 1 unspecified atom stereocenters. The summed E-state index contributed by atoms with van der Waals surface area (Å²) in [5.74, 6) is -0.443. The molecule has 5 nitrogen and oxygen atoms in total. The van der Waals surface area contributed by atoms with Gasteiger partial charge >= 0.3 is 0 Å². The minimum absolute atomic E-state index is 0.0634. The Morgan fingerprint density at radius 2 is 2.00 bits per heavy atom. The molecule has 0 aliphatic carbocycles. The number of fused-ring (bicyclic) bond motifs is 1. The summed E-state index contributed by atoms with van der Waals surface area (Å²) >= 11 is 0. The van der Waals surface area contributed by atoms with Crippen LogP contribution in [0.15, 0.2) is 59.7 Å². The molecule has 0 aliphatic heterocycles. The highest BCUT2D eigenvalue weighted by molar-refractivity contribution is 5.77. The maximum Gasteiger partial charge on any atom is 0.261 e. The smallest absolute Gasteiger partial charge is 0.261 e. The normalized spacial score (nSPS) is 12.4. The molecule has 0 saturated carbocycles. The summed E-state index contributed by atoms with van der Waals surface area (Å²) in [6.07, 6.45) is 0.468. The van der Waals surface area contributed by atoms with E-state index in [1.54, 1.807) is 0 Å². The van der Waals surface area contributed by atoms with E-state index in [-0.39, 0.29) is 18.7 Å². The van der Waals surface area contributed by atoms with Crippen LogP contribution < -0.4 is 5.56 Å². The van der Waals surface area contributed by atoms with Gasteiger partial charge in [-0.05, 0) is 17.7 Å². The molecule has 2 aromatic carbocycles. The van der Waals surface area contributed by atoms with E-state index in [0.29, 0.717) is 17.5 Å². The van der Waals surface area contributed by atoms with Crippen LogP contribution in [0.25, 0.3) is 10.9 Å². The van der Waals surface area contributed by atoms with E-state index in [9.17, 15) is 14.3 Å². The molecule has 1 N–H and O–H groups in total. The molecule has 0 radical (unpaired) electrons. The molecule has 3 aromatic rings. The van der Waals surface area contributed by atoms with E-state index < -0.39 is 11.9 Å². The highest BCUT2D eigenvalue weighted by Gasteiger charge is 2.10. The molecule has 1 heterocycles. The van der Waals surface area contributed by atoms with Gasteiger partial charge in [-0.15, -0.1) is 0 Å². The molecule has 0 bridgehead atoms. The number of aliphatic hydroxyl groups is 1. The van der Waals surface area contributed by atoms with Gasteiger partial charge in [0.1, 0.15) is 5.82 Å². The average molecular weight is 328 g/mol. The third-order valence-corrected chi connectivity index (χ3v) is 3.62. The van der Waals surface area contributed by atoms with Gasteiger partial charge in [-0.3, -0.25) is 9.36 Å². The van der Waals surface area contributed by atoms with Crippen molar-refractivity contribution >= 4 is 10.9 Å². The van der Waals surface area contributed by atoms with Gasteiger partial charge in [-0.1, -0.05) is 30.3 Å². The van der Waals surface area contributed by atoms with Crippen molar-refractivity contribution in [2.75, 3.05) is 6.61 Å². The Bertz CT molecular complexity index is 880. The van der Waals surface area contributed by atoms with Crippen LogP contribution in [0.2, 0.25) is 0 Å². The summed E-state index contributed by atoms with van der Waals surface area (Å²) < 4.78 is 19.9. The Morgan fingerprint density at radius 1 is 1.21 bits per heavy atom. The van der Waals surface area contributed by atoms with Gasteiger partial charge in [0.15, 0.2) is 0 Å². The number of benzene rings is 2. The number of nitrogens with zero attached hydrogens (tertiary/aromatic N) is 2. The van der Waals surface area contributed by atoms with Crippen molar-refractivity contribution in [3.63, 3.8) is 0 Å². The van der Waals surface area contributed by atoms with Crippen molar-refractivity contribution in [3.8, 4) is 0 Å². The number of ether oxygens (including phenoxy) is 1. The van der Waals surface area contributed by atoms with E-state index in [4.69, 9.17) is 4.74 Å². The van der Waals surface area contributed by atoms with Crippen molar-refractivity contribution in [1.82, 2.24) is 9.55 Å². The molecule has 0 spiro atoms. The molecule has 24 heavy (non-hydrogen) atoms. The second-order valence-corrected chi connectivity index (χ2v) is 5.52. The highest BCUT2D eigenvalue weighted by Crippen LogP contribution is 2.09. The molecule has 1 aromatic heterocycles. The zero-order valence-electron chi connectivity index (χ0n) is 12.9. The molecule has 0 saturated heterocycles. The van der Waals surface area contributed by atoms with Crippen LogP contribution in [-0.4, -0.2) is 27.4 Å². The number of rotatable bonds is 6. The predicted molar refractivity (Wildman–Crippen MR) is 88.1 cm³/mol. The topological polar surface area (TPSA) is 64.4 Å². The van der Waals surface area contributed by atoms with Gasteiger partial charge in [0.2, 0.25) is 0 Å². The molecule has 3 rings (SSSR count). The summed E-state index contributed by atoms with van der Waals surface area (Å²) in [6.45, 7) is 0.554. The largest absolute Gasteiger partial charge is 0.389 e. The maximum absolute atomic E-state index is 13.2. The molecule has 0 fully saturated rings. The first-order chi connectivity index (χ1) is 11.6. The average Bonchev–Trinajstić information content (AvgIpc) is 2.58. The number of aromatic nitrogens is 2. The Morgan fingerprint density at radius 3 is 2.79 bits per heavy atom. The minimum Gasteiger partial charge on any atom is -0.389 e. The first-order valence-electron chi connectivity index (χ1n) is 7.58. The number of hydrogen-bond acceptors (Lipinski definition) is 4. The van der Waals surface area contributed by atoms with E-state index in [0.717, 1.165) is 5.56 Å². The van der Waals surface area contributed by atoms with Gasteiger partial charge in [0.05, 0.1) is 43.1 Å². The van der Waals surface area contributed by atoms with Crippen LogP contribution >= 0.6 is 0 Å². The molecule has 1 atom stereocenters. The van der Waals surface area contributed by atoms with Crippen LogP contribution in [0.5, 0.6) is 0 Å². The summed E-state index contributed by atoms with van der Waals surface area (Å²) in [4.78, 5) is 16.4. The van der Waals surface area contributed by atoms with Gasteiger partial charge in [-0.25, -0.2) is 9.37 Å². The third kappa shape index (κ3) is 3.84. The number of halogens is 1. The summed E-state index contributed by atoms with van der Waals surface area (Å²) in [5.41, 5.74) is 0.990. The van der Waals surface area contributed by atoms with Crippen LogP contribution in [0.1, 0.15) is 5.56 Å². The molecule has 6 heteroatoms. The Hall–Kier alpha value is -2.57. The predicted octanol–water partition coefficient (Wildman–Crippen LogP) is 2.11. The van der Waals surface area contributed by atoms with Crippen molar-refractivity contribution in [2.45, 2.75) is 19.3 Å². The Kier molecular flexibility index (Phi) is 4.98. The lowest BCUT2D eigenvalue weighted by atomic mass is 10.2. The zero-order chi connectivity index (χ0) is 16.9. The Labute approximate surface area is 138 Å². The van der Waals surface area contributed by atoms with Crippen LogP contribution in [0.4, 0.5) is 4.39 Å². The van der Waals surface area contributed by atoms with Crippen molar-refractivity contribution in [2.24, 2.45) is 0 Å². The van der Waals surface area contributed by atoms with E-state index in [1.807, 2.05) is 30.3 Å². The first kappa shape index (κ1) is 16.3. The van der Waals surface area contributed by atoms with Gasteiger partial charge in [0, 0.05) is 6.07 Å². The first-order valence-corrected chi connectivity index (χ1v) is 7.58. The van der Waals surface area contributed by atoms with Crippen LogP contribution in [-0.2, 0) is 17.9 Å². The second kappa shape index (κ2) is 7.33. The molecule has 0 aliphatic rings. The lowest BCUT2D eigenvalue weighted by Gasteiger charge is -2.13. The van der Waals surface area contributed by atoms with Crippen molar-refractivity contribution < 1.29 is 14.2 Å². The van der Waals surface area contributed by atoms with Crippen molar-refractivity contribution in [3.05, 3.63) is 76.6 Å². The molecular formula is C18H17FN2O3. The van der Waals surface area contributed by atoms with Gasteiger partial charge in [0.25, 0.3) is 5.56 Å². The van der Waals surface area contributed by atoms with E-state index in [1.165, 1.54) is 29.1 Å². The monoisotopic (exact) mass is 328 g/mol. The van der Waals surface area contributed by atoms with Crippen LogP contribution in [0.3, 0.4) is 0 Å². The fraction of sp³-hybridized carbons (Fsp3) is 0.222. The standard InChI is InChI=1S/C18H17FN2O3/c19-14-6-7-16-17(8-14)20-12-21(18(16)23)9-15(22)11-24-10-13-4-2-1-3-5-13/h1-8,12,15,22H,9-11H2. The highest BCUT2D eigenvalue weighted by atomic mass is 19.1. The van der Waals surface area contributed by atoms with E-state index in [2.05, 4.69) is 4.98 Å². The van der Waals surface area contributed by atoms with Crippen molar-refractivity contribution in [1.29, 1.82) is 0 Å². The summed E-state index contributed by atoms with van der Waals surface area (Å²) in [6, 6.07) is 13.4. The minimum atomic E-state index is -0.842. The van der Waals surface area contributed by atoms with E-state index >= 15 is 0 Å². The lowest BCUT2D eigenvalue weighted by molar-refractivity contribution is 0.0198. The Balaban J connectivity index is 1.63. The summed E-state index contributed by atoms with van der Waals surface area (Å²) in [5, 5.41) is 10.4. The van der Waals surface area contributed by atoms with Gasteiger partial charge in [-0.2, -0.15) is 0 Å².